The summed E-state index contributed by atoms with van der Waals surface area (Å²) in [7, 11) is -3.58. The van der Waals surface area contributed by atoms with Gasteiger partial charge in [0.25, 0.3) is 0 Å². The SMILES string of the molecule is Cc1noc(C)c1S(=O)(=O)N[C@H]1C[C@@H]2CC[C@]1(C)C2(C)C. The van der Waals surface area contributed by atoms with E-state index in [1.807, 2.05) is 0 Å². The average molecular weight is 312 g/mol. The van der Waals surface area contributed by atoms with Gasteiger partial charge in [-0.2, -0.15) is 0 Å². The third-order valence-corrected chi connectivity index (χ3v) is 8.04. The second-order valence-corrected chi connectivity index (χ2v) is 9.09. The molecule has 118 valence electrons. The first-order chi connectivity index (χ1) is 9.59. The Hall–Kier alpha value is -0.880. The Labute approximate surface area is 126 Å². The van der Waals surface area contributed by atoms with Crippen LogP contribution in [0.4, 0.5) is 0 Å². The Bertz CT molecular complexity index is 658. The second-order valence-electron chi connectivity index (χ2n) is 7.44. The Balaban J connectivity index is 1.92. The quantitative estimate of drug-likeness (QED) is 0.931. The molecule has 21 heavy (non-hydrogen) atoms. The van der Waals surface area contributed by atoms with E-state index in [9.17, 15) is 8.42 Å². The maximum Gasteiger partial charge on any atom is 0.246 e. The zero-order valence-corrected chi connectivity index (χ0v) is 14.2. The molecular formula is C15H24N2O3S. The van der Waals surface area contributed by atoms with Crippen molar-refractivity contribution in [2.75, 3.05) is 0 Å². The van der Waals surface area contributed by atoms with Crippen LogP contribution in [0.3, 0.4) is 0 Å². The van der Waals surface area contributed by atoms with E-state index in [0.717, 1.165) is 12.8 Å². The standard InChI is InChI=1S/C15H24N2O3S/c1-9-13(10(2)20-16-9)21(18,19)17-12-8-11-6-7-15(12,5)14(11,3)4/h11-12,17H,6-8H2,1-5H3/t11-,12-,15-/m0/s1. The summed E-state index contributed by atoms with van der Waals surface area (Å²) in [5, 5.41) is 3.76. The highest BCUT2D eigenvalue weighted by molar-refractivity contribution is 7.89. The van der Waals surface area contributed by atoms with Crippen molar-refractivity contribution in [3.63, 3.8) is 0 Å². The minimum atomic E-state index is -3.58. The van der Waals surface area contributed by atoms with Gasteiger partial charge in [-0.1, -0.05) is 25.9 Å². The Morgan fingerprint density at radius 3 is 2.38 bits per heavy atom. The number of hydrogen-bond acceptors (Lipinski definition) is 4. The van der Waals surface area contributed by atoms with Gasteiger partial charge in [0.15, 0.2) is 5.76 Å². The highest BCUT2D eigenvalue weighted by Gasteiger charge is 2.62. The first kappa shape index (κ1) is 15.0. The van der Waals surface area contributed by atoms with E-state index in [1.54, 1.807) is 13.8 Å². The lowest BCUT2D eigenvalue weighted by molar-refractivity contribution is 0.130. The van der Waals surface area contributed by atoms with Crippen LogP contribution in [0.2, 0.25) is 0 Å². The van der Waals surface area contributed by atoms with Crippen LogP contribution in [0.5, 0.6) is 0 Å². The fourth-order valence-electron chi connectivity index (χ4n) is 4.49. The van der Waals surface area contributed by atoms with Crippen LogP contribution in [0.15, 0.2) is 9.42 Å². The predicted octanol–water partition coefficient (Wildman–Crippen LogP) is 2.78. The molecule has 1 aromatic rings. The van der Waals surface area contributed by atoms with E-state index in [-0.39, 0.29) is 21.8 Å². The first-order valence-electron chi connectivity index (χ1n) is 7.55. The molecule has 2 fully saturated rings. The van der Waals surface area contributed by atoms with Crippen molar-refractivity contribution in [3.8, 4) is 0 Å². The highest BCUT2D eigenvalue weighted by Crippen LogP contribution is 2.65. The van der Waals surface area contributed by atoms with Gasteiger partial charge >= 0.3 is 0 Å². The summed E-state index contributed by atoms with van der Waals surface area (Å²) in [5.74, 6) is 0.951. The van der Waals surface area contributed by atoms with Crippen molar-refractivity contribution < 1.29 is 12.9 Å². The van der Waals surface area contributed by atoms with E-state index in [1.165, 1.54) is 6.42 Å². The largest absolute Gasteiger partial charge is 0.360 e. The monoisotopic (exact) mass is 312 g/mol. The fourth-order valence-corrected chi connectivity index (χ4v) is 6.18. The molecule has 1 N–H and O–H groups in total. The van der Waals surface area contributed by atoms with Gasteiger partial charge < -0.3 is 4.52 Å². The van der Waals surface area contributed by atoms with E-state index < -0.39 is 10.0 Å². The molecular weight excluding hydrogens is 288 g/mol. The molecule has 3 rings (SSSR count). The van der Waals surface area contributed by atoms with E-state index in [4.69, 9.17) is 4.52 Å². The van der Waals surface area contributed by atoms with Gasteiger partial charge in [-0.3, -0.25) is 0 Å². The zero-order chi connectivity index (χ0) is 15.6. The Morgan fingerprint density at radius 2 is 1.95 bits per heavy atom. The third-order valence-electron chi connectivity index (χ3n) is 6.33. The number of aryl methyl sites for hydroxylation is 2. The molecule has 0 aromatic carbocycles. The lowest BCUT2D eigenvalue weighted by atomic mass is 9.69. The average Bonchev–Trinajstić information content (AvgIpc) is 2.87. The molecule has 0 aliphatic heterocycles. The van der Waals surface area contributed by atoms with Gasteiger partial charge in [0.05, 0.1) is 0 Å². The summed E-state index contributed by atoms with van der Waals surface area (Å²) >= 11 is 0. The smallest absolute Gasteiger partial charge is 0.246 e. The molecule has 0 unspecified atom stereocenters. The molecule has 2 saturated carbocycles. The minimum Gasteiger partial charge on any atom is -0.360 e. The van der Waals surface area contributed by atoms with Gasteiger partial charge in [-0.15, -0.1) is 0 Å². The molecule has 0 saturated heterocycles. The summed E-state index contributed by atoms with van der Waals surface area (Å²) in [4.78, 5) is 0.201. The van der Waals surface area contributed by atoms with Crippen LogP contribution in [-0.2, 0) is 10.0 Å². The minimum absolute atomic E-state index is 0.00931. The van der Waals surface area contributed by atoms with E-state index in [2.05, 4.69) is 30.6 Å². The van der Waals surface area contributed by atoms with Crippen LogP contribution >= 0.6 is 0 Å². The number of nitrogens with one attached hydrogen (secondary N) is 1. The van der Waals surface area contributed by atoms with Crippen LogP contribution in [0.1, 0.15) is 51.5 Å². The number of hydrogen-bond donors (Lipinski definition) is 1. The van der Waals surface area contributed by atoms with Crippen molar-refractivity contribution in [1.29, 1.82) is 0 Å². The van der Waals surface area contributed by atoms with Gasteiger partial charge in [0, 0.05) is 6.04 Å². The number of fused-ring (bicyclic) bond motifs is 2. The molecule has 3 atom stereocenters. The molecule has 6 heteroatoms. The molecule has 2 bridgehead atoms. The lowest BCUT2D eigenvalue weighted by Gasteiger charge is -2.39. The van der Waals surface area contributed by atoms with Crippen molar-refractivity contribution >= 4 is 10.0 Å². The molecule has 2 aliphatic rings. The van der Waals surface area contributed by atoms with Gasteiger partial charge in [-0.25, -0.2) is 13.1 Å². The highest BCUT2D eigenvalue weighted by atomic mass is 32.2. The number of rotatable bonds is 3. The topological polar surface area (TPSA) is 72.2 Å². The third kappa shape index (κ3) is 1.91. The van der Waals surface area contributed by atoms with Crippen LogP contribution < -0.4 is 4.72 Å². The Morgan fingerprint density at radius 1 is 1.29 bits per heavy atom. The zero-order valence-electron chi connectivity index (χ0n) is 13.4. The predicted molar refractivity (Wildman–Crippen MR) is 79.3 cm³/mol. The maximum absolute atomic E-state index is 12.7. The molecule has 0 radical (unpaired) electrons. The van der Waals surface area contributed by atoms with E-state index in [0.29, 0.717) is 17.4 Å². The van der Waals surface area contributed by atoms with Crippen molar-refractivity contribution in [2.45, 2.75) is 64.8 Å². The molecule has 0 spiro atoms. The van der Waals surface area contributed by atoms with Crippen molar-refractivity contribution in [2.24, 2.45) is 16.7 Å². The van der Waals surface area contributed by atoms with E-state index >= 15 is 0 Å². The normalized spacial score (nSPS) is 34.5. The first-order valence-corrected chi connectivity index (χ1v) is 9.03. The lowest BCUT2D eigenvalue weighted by Crippen LogP contribution is -2.46. The number of aromatic nitrogens is 1. The maximum atomic E-state index is 12.7. The summed E-state index contributed by atoms with van der Waals surface area (Å²) < 4.78 is 33.4. The second kappa shape index (κ2) is 4.32. The van der Waals surface area contributed by atoms with Crippen molar-refractivity contribution in [1.82, 2.24) is 9.88 Å². The molecule has 5 nitrogen and oxygen atoms in total. The van der Waals surface area contributed by atoms with Gasteiger partial charge in [0.2, 0.25) is 10.0 Å². The summed E-state index contributed by atoms with van der Waals surface area (Å²) in [6, 6.07) is -0.00931. The molecule has 2 aliphatic carbocycles. The van der Waals surface area contributed by atoms with Crippen LogP contribution in [0.25, 0.3) is 0 Å². The van der Waals surface area contributed by atoms with Gasteiger partial charge in [0.1, 0.15) is 10.6 Å². The molecule has 0 amide bonds. The number of nitrogens with zero attached hydrogens (tertiary/aromatic N) is 1. The summed E-state index contributed by atoms with van der Waals surface area (Å²) in [6.45, 7) is 10.1. The fraction of sp³-hybridized carbons (Fsp3) is 0.800. The molecule has 1 heterocycles. The molecule has 1 aromatic heterocycles. The van der Waals surface area contributed by atoms with Crippen LogP contribution in [-0.4, -0.2) is 19.6 Å². The van der Waals surface area contributed by atoms with Crippen LogP contribution in [0, 0.1) is 30.6 Å². The van der Waals surface area contributed by atoms with Gasteiger partial charge in [-0.05, 0) is 49.9 Å². The Kier molecular flexibility index (Phi) is 3.09. The van der Waals surface area contributed by atoms with Crippen molar-refractivity contribution in [3.05, 3.63) is 11.5 Å². The summed E-state index contributed by atoms with van der Waals surface area (Å²) in [6.07, 6.45) is 3.21. The number of sulfonamides is 1. The summed E-state index contributed by atoms with van der Waals surface area (Å²) in [5.41, 5.74) is 0.621.